The van der Waals surface area contributed by atoms with E-state index in [0.717, 1.165) is 16.5 Å². The molecule has 1 aliphatic heterocycles. The van der Waals surface area contributed by atoms with Crippen molar-refractivity contribution >= 4 is 23.0 Å². The summed E-state index contributed by atoms with van der Waals surface area (Å²) in [7, 11) is 0. The van der Waals surface area contributed by atoms with Gasteiger partial charge in [-0.3, -0.25) is 4.98 Å². The average molecular weight is 431 g/mol. The maximum atomic E-state index is 5.89. The van der Waals surface area contributed by atoms with E-state index >= 15 is 0 Å². The van der Waals surface area contributed by atoms with Gasteiger partial charge in [-0.2, -0.15) is 0 Å². The summed E-state index contributed by atoms with van der Waals surface area (Å²) in [6.07, 6.45) is 7.09. The molecule has 5 rings (SSSR count). The first kappa shape index (κ1) is 20.3. The minimum Gasteiger partial charge on any atom is -0.351 e. The van der Waals surface area contributed by atoms with Crippen LogP contribution in [0.2, 0.25) is 0 Å². The van der Waals surface area contributed by atoms with E-state index in [0.29, 0.717) is 6.04 Å². The normalized spacial score (nSPS) is 21.6. The number of nitrogens with zero attached hydrogens (tertiary/aromatic N) is 3. The molecule has 2 aliphatic rings. The van der Waals surface area contributed by atoms with Gasteiger partial charge in [-0.1, -0.05) is 31.0 Å². The molecular weight excluding hydrogens is 400 g/mol. The number of pyridine rings is 1. The summed E-state index contributed by atoms with van der Waals surface area (Å²) in [6.45, 7) is 6.67. The van der Waals surface area contributed by atoms with Gasteiger partial charge < -0.3 is 14.8 Å². The first-order chi connectivity index (χ1) is 15.0. The molecule has 31 heavy (non-hydrogen) atoms. The van der Waals surface area contributed by atoms with Crippen LogP contribution >= 0.6 is 12.2 Å². The van der Waals surface area contributed by atoms with Crippen molar-refractivity contribution in [1.82, 2.24) is 14.9 Å². The standard InChI is InChI=1S/C26H30N4S/c1-17-9-8-12-21(15-17)30-25(24(28-26(30)31)23-13-6-7-14-27-23)22-16-18(2)29(19(22)3)20-10-4-5-11-20/h6-9,12-16,20,24-25H,4-5,10-11H2,1-3H3,(H,28,31). The van der Waals surface area contributed by atoms with Crippen LogP contribution in [0.15, 0.2) is 54.7 Å². The Morgan fingerprint density at radius 2 is 1.81 bits per heavy atom. The molecule has 2 atom stereocenters. The van der Waals surface area contributed by atoms with Gasteiger partial charge in [0.2, 0.25) is 0 Å². The Morgan fingerprint density at radius 3 is 2.52 bits per heavy atom. The second-order valence-electron chi connectivity index (χ2n) is 8.97. The fraction of sp³-hybridized carbons (Fsp3) is 0.385. The van der Waals surface area contributed by atoms with E-state index in [2.05, 4.69) is 78.0 Å². The van der Waals surface area contributed by atoms with E-state index in [-0.39, 0.29) is 12.1 Å². The number of hydrogen-bond acceptors (Lipinski definition) is 2. The summed E-state index contributed by atoms with van der Waals surface area (Å²) in [5.74, 6) is 0. The van der Waals surface area contributed by atoms with E-state index in [1.165, 1.54) is 48.2 Å². The van der Waals surface area contributed by atoms with Crippen molar-refractivity contribution < 1.29 is 0 Å². The lowest BCUT2D eigenvalue weighted by Gasteiger charge is -2.29. The largest absolute Gasteiger partial charge is 0.351 e. The zero-order valence-electron chi connectivity index (χ0n) is 18.5. The second-order valence-corrected chi connectivity index (χ2v) is 9.36. The zero-order chi connectivity index (χ0) is 21.5. The van der Waals surface area contributed by atoms with Gasteiger partial charge in [0.15, 0.2) is 5.11 Å². The third kappa shape index (κ3) is 3.55. The fourth-order valence-electron chi connectivity index (χ4n) is 5.55. The van der Waals surface area contributed by atoms with Gasteiger partial charge in [-0.05, 0) is 87.3 Å². The van der Waals surface area contributed by atoms with Gasteiger partial charge in [0.25, 0.3) is 0 Å². The Balaban J connectivity index is 1.65. The van der Waals surface area contributed by atoms with Crippen LogP contribution in [-0.2, 0) is 0 Å². The maximum absolute atomic E-state index is 5.89. The molecule has 0 bridgehead atoms. The lowest BCUT2D eigenvalue weighted by Crippen LogP contribution is -2.29. The van der Waals surface area contributed by atoms with E-state index in [9.17, 15) is 0 Å². The van der Waals surface area contributed by atoms with Crippen molar-refractivity contribution in [2.45, 2.75) is 64.6 Å². The molecule has 4 nitrogen and oxygen atoms in total. The molecule has 1 saturated carbocycles. The fourth-order valence-corrected chi connectivity index (χ4v) is 5.90. The molecule has 2 unspecified atom stereocenters. The summed E-state index contributed by atoms with van der Waals surface area (Å²) in [5, 5.41) is 4.36. The number of aryl methyl sites for hydroxylation is 2. The van der Waals surface area contributed by atoms with E-state index in [1.807, 2.05) is 12.3 Å². The third-order valence-electron chi connectivity index (χ3n) is 6.91. The first-order valence-electron chi connectivity index (χ1n) is 11.3. The number of benzene rings is 1. The molecule has 3 heterocycles. The van der Waals surface area contributed by atoms with Crippen LogP contribution in [0.4, 0.5) is 5.69 Å². The zero-order valence-corrected chi connectivity index (χ0v) is 19.3. The van der Waals surface area contributed by atoms with Crippen molar-refractivity contribution in [1.29, 1.82) is 0 Å². The number of rotatable bonds is 4. The molecule has 0 amide bonds. The highest BCUT2D eigenvalue weighted by atomic mass is 32.1. The van der Waals surface area contributed by atoms with E-state index in [1.54, 1.807) is 0 Å². The van der Waals surface area contributed by atoms with Crippen molar-refractivity contribution in [3.05, 3.63) is 82.9 Å². The first-order valence-corrected chi connectivity index (χ1v) is 11.7. The Hall–Kier alpha value is -2.66. The number of aromatic nitrogens is 2. The maximum Gasteiger partial charge on any atom is 0.174 e. The summed E-state index contributed by atoms with van der Waals surface area (Å²) >= 11 is 5.89. The predicted molar refractivity (Wildman–Crippen MR) is 131 cm³/mol. The summed E-state index contributed by atoms with van der Waals surface area (Å²) in [4.78, 5) is 6.99. The van der Waals surface area contributed by atoms with Gasteiger partial charge in [0, 0.05) is 29.3 Å². The van der Waals surface area contributed by atoms with Gasteiger partial charge >= 0.3 is 0 Å². The molecule has 3 aromatic rings. The molecule has 1 N–H and O–H groups in total. The number of anilines is 1. The molecule has 1 aromatic carbocycles. The monoisotopic (exact) mass is 430 g/mol. The highest BCUT2D eigenvalue weighted by Crippen LogP contribution is 2.44. The molecular formula is C26H30N4S. The highest BCUT2D eigenvalue weighted by molar-refractivity contribution is 7.80. The summed E-state index contributed by atoms with van der Waals surface area (Å²) in [5.41, 5.74) is 7.44. The van der Waals surface area contributed by atoms with Gasteiger partial charge in [0.1, 0.15) is 0 Å². The second kappa shape index (κ2) is 8.12. The Labute approximate surface area is 190 Å². The molecule has 160 valence electrons. The van der Waals surface area contributed by atoms with Crippen molar-refractivity contribution in [2.75, 3.05) is 4.90 Å². The van der Waals surface area contributed by atoms with Crippen LogP contribution in [0.5, 0.6) is 0 Å². The summed E-state index contributed by atoms with van der Waals surface area (Å²) < 4.78 is 2.58. The van der Waals surface area contributed by atoms with Crippen LogP contribution in [0.3, 0.4) is 0 Å². The van der Waals surface area contributed by atoms with Crippen LogP contribution in [0, 0.1) is 20.8 Å². The number of nitrogens with one attached hydrogen (secondary N) is 1. The quantitative estimate of drug-likeness (QED) is 0.507. The van der Waals surface area contributed by atoms with Crippen molar-refractivity contribution in [3.8, 4) is 0 Å². The van der Waals surface area contributed by atoms with E-state index in [4.69, 9.17) is 17.2 Å². The van der Waals surface area contributed by atoms with Crippen LogP contribution < -0.4 is 10.2 Å². The smallest absolute Gasteiger partial charge is 0.174 e. The third-order valence-corrected chi connectivity index (χ3v) is 7.22. The lowest BCUT2D eigenvalue weighted by atomic mass is 9.96. The highest BCUT2D eigenvalue weighted by Gasteiger charge is 2.42. The number of hydrogen-bond donors (Lipinski definition) is 1. The van der Waals surface area contributed by atoms with Crippen LogP contribution in [-0.4, -0.2) is 14.7 Å². The average Bonchev–Trinajstić information content (AvgIpc) is 3.46. The molecule has 0 radical (unpaired) electrons. The van der Waals surface area contributed by atoms with Crippen molar-refractivity contribution in [2.24, 2.45) is 0 Å². The SMILES string of the molecule is Cc1cccc(N2C(=S)NC(c3ccccn3)C2c2cc(C)n(C3CCCC3)c2C)c1. The molecule has 1 aliphatic carbocycles. The topological polar surface area (TPSA) is 33.1 Å². The molecule has 0 spiro atoms. The minimum absolute atomic E-state index is 0.00624. The Bertz CT molecular complexity index is 1100. The Kier molecular flexibility index (Phi) is 5.30. The van der Waals surface area contributed by atoms with Gasteiger partial charge in [-0.15, -0.1) is 0 Å². The Morgan fingerprint density at radius 1 is 1.00 bits per heavy atom. The molecule has 2 fully saturated rings. The number of thiocarbonyl (C=S) groups is 1. The predicted octanol–water partition coefficient (Wildman–Crippen LogP) is 6.10. The van der Waals surface area contributed by atoms with E-state index < -0.39 is 0 Å². The molecule has 5 heteroatoms. The molecule has 1 saturated heterocycles. The van der Waals surface area contributed by atoms with Crippen LogP contribution in [0.25, 0.3) is 0 Å². The van der Waals surface area contributed by atoms with Gasteiger partial charge in [0.05, 0.1) is 17.8 Å². The lowest BCUT2D eigenvalue weighted by molar-refractivity contribution is 0.494. The molecule has 2 aromatic heterocycles. The van der Waals surface area contributed by atoms with Crippen LogP contribution in [0.1, 0.15) is 72.0 Å². The summed E-state index contributed by atoms with van der Waals surface area (Å²) in [6, 6.07) is 17.8. The van der Waals surface area contributed by atoms with Gasteiger partial charge in [-0.25, -0.2) is 0 Å². The van der Waals surface area contributed by atoms with Crippen molar-refractivity contribution in [3.63, 3.8) is 0 Å². The minimum atomic E-state index is 0.00624.